The van der Waals surface area contributed by atoms with Crippen molar-refractivity contribution < 1.29 is 4.79 Å². The van der Waals surface area contributed by atoms with Crippen molar-refractivity contribution in [1.82, 2.24) is 15.2 Å². The number of carbonyl (C=O) groups excluding carboxylic acids is 1. The molecule has 0 aromatic carbocycles. The van der Waals surface area contributed by atoms with E-state index in [1.807, 2.05) is 18.3 Å². The first-order chi connectivity index (χ1) is 8.22. The molecular weight excluding hydrogens is 234 g/mol. The number of unbranched alkanes of at least 4 members (excludes halogenated alkanes) is 1. The molecule has 1 aliphatic rings. The fourth-order valence-corrected chi connectivity index (χ4v) is 1.96. The highest BCUT2D eigenvalue weighted by Gasteiger charge is 2.29. The van der Waals surface area contributed by atoms with E-state index in [4.69, 9.17) is 12.2 Å². The van der Waals surface area contributed by atoms with Crippen LogP contribution in [-0.2, 0) is 4.79 Å². The molecule has 1 amide bonds. The molecule has 0 radical (unpaired) electrons. The first-order valence-corrected chi connectivity index (χ1v) is 6.11. The van der Waals surface area contributed by atoms with Gasteiger partial charge in [0, 0.05) is 18.4 Å². The maximum Gasteiger partial charge on any atom is 0.276 e. The van der Waals surface area contributed by atoms with Gasteiger partial charge in [0.2, 0.25) is 0 Å². The van der Waals surface area contributed by atoms with Crippen LogP contribution >= 0.6 is 12.2 Å². The van der Waals surface area contributed by atoms with Crippen molar-refractivity contribution in [3.05, 3.63) is 29.7 Å². The normalized spacial score (nSPS) is 17.9. The van der Waals surface area contributed by atoms with Crippen LogP contribution in [0.2, 0.25) is 0 Å². The summed E-state index contributed by atoms with van der Waals surface area (Å²) in [6.07, 6.45) is 5.60. The third-order valence-corrected chi connectivity index (χ3v) is 2.94. The molecule has 0 bridgehead atoms. The monoisotopic (exact) mass is 249 g/mol. The lowest BCUT2D eigenvalue weighted by Gasteiger charge is -2.12. The molecule has 2 N–H and O–H groups in total. The summed E-state index contributed by atoms with van der Waals surface area (Å²) in [4.78, 5) is 16.7. The van der Waals surface area contributed by atoms with E-state index < -0.39 is 0 Å². The van der Waals surface area contributed by atoms with Crippen LogP contribution in [0.4, 0.5) is 0 Å². The summed E-state index contributed by atoms with van der Waals surface area (Å²) in [7, 11) is 0. The fraction of sp³-hybridized carbons (Fsp3) is 0.333. The molecule has 5 heteroatoms. The Balaban J connectivity index is 2.13. The van der Waals surface area contributed by atoms with E-state index in [-0.39, 0.29) is 5.91 Å². The molecule has 90 valence electrons. The van der Waals surface area contributed by atoms with Crippen LogP contribution in [0.3, 0.4) is 0 Å². The molecule has 0 spiro atoms. The van der Waals surface area contributed by atoms with Crippen molar-refractivity contribution >= 4 is 29.3 Å². The van der Waals surface area contributed by atoms with Gasteiger partial charge in [-0.15, -0.1) is 0 Å². The molecule has 1 aromatic heterocycles. The number of amides is 1. The third-order valence-electron chi connectivity index (χ3n) is 2.62. The number of thiocarbonyl (C=S) groups is 1. The van der Waals surface area contributed by atoms with Gasteiger partial charge in [0.1, 0.15) is 5.70 Å². The topological polar surface area (TPSA) is 48.1 Å². The fourth-order valence-electron chi connectivity index (χ4n) is 1.68. The Hall–Kier alpha value is -1.62. The Labute approximate surface area is 106 Å². The van der Waals surface area contributed by atoms with Crippen LogP contribution in [0.5, 0.6) is 0 Å². The maximum atomic E-state index is 12.0. The SMILES string of the molecule is CCCCN1C(=O)/C(=C\c2ccc[nH]2)NC1=S. The smallest absolute Gasteiger partial charge is 0.276 e. The molecule has 0 atom stereocenters. The lowest BCUT2D eigenvalue weighted by atomic mass is 10.3. The first kappa shape index (κ1) is 11.9. The number of H-pyrrole nitrogens is 1. The zero-order chi connectivity index (χ0) is 12.3. The second-order valence-corrected chi connectivity index (χ2v) is 4.31. The Morgan fingerprint density at radius 1 is 1.53 bits per heavy atom. The minimum absolute atomic E-state index is 0.0435. The van der Waals surface area contributed by atoms with E-state index in [1.54, 1.807) is 11.0 Å². The Bertz CT molecular complexity index is 450. The molecule has 1 aromatic rings. The van der Waals surface area contributed by atoms with Gasteiger partial charge < -0.3 is 10.3 Å². The summed E-state index contributed by atoms with van der Waals surface area (Å²) in [5.74, 6) is -0.0435. The lowest BCUT2D eigenvalue weighted by molar-refractivity contribution is -0.122. The van der Waals surface area contributed by atoms with Crippen molar-refractivity contribution in [3.8, 4) is 0 Å². The van der Waals surface area contributed by atoms with Crippen molar-refractivity contribution in [2.45, 2.75) is 19.8 Å². The lowest BCUT2D eigenvalue weighted by Crippen LogP contribution is -2.31. The third kappa shape index (κ3) is 2.55. The van der Waals surface area contributed by atoms with E-state index in [1.165, 1.54) is 0 Å². The second kappa shape index (κ2) is 5.14. The van der Waals surface area contributed by atoms with Crippen molar-refractivity contribution in [1.29, 1.82) is 0 Å². The minimum atomic E-state index is -0.0435. The van der Waals surface area contributed by atoms with Gasteiger partial charge in [-0.1, -0.05) is 13.3 Å². The summed E-state index contributed by atoms with van der Waals surface area (Å²) in [5, 5.41) is 3.45. The maximum absolute atomic E-state index is 12.0. The number of hydrogen-bond acceptors (Lipinski definition) is 2. The molecule has 4 nitrogen and oxygen atoms in total. The molecular formula is C12H15N3OS. The van der Waals surface area contributed by atoms with Crippen LogP contribution in [0.1, 0.15) is 25.5 Å². The molecule has 17 heavy (non-hydrogen) atoms. The summed E-state index contributed by atoms with van der Waals surface area (Å²) in [6, 6.07) is 3.79. The Kier molecular flexibility index (Phi) is 3.58. The highest BCUT2D eigenvalue weighted by atomic mass is 32.1. The number of carbonyl (C=O) groups is 1. The average molecular weight is 249 g/mol. The van der Waals surface area contributed by atoms with Crippen molar-refractivity contribution in [2.24, 2.45) is 0 Å². The summed E-state index contributed by atoms with van der Waals surface area (Å²) >= 11 is 5.15. The molecule has 2 rings (SSSR count). The van der Waals surface area contributed by atoms with Crippen LogP contribution in [0.25, 0.3) is 6.08 Å². The predicted molar refractivity (Wildman–Crippen MR) is 71.1 cm³/mol. The minimum Gasteiger partial charge on any atom is -0.362 e. The quantitative estimate of drug-likeness (QED) is 0.632. The second-order valence-electron chi connectivity index (χ2n) is 3.92. The van der Waals surface area contributed by atoms with Gasteiger partial charge in [-0.25, -0.2) is 0 Å². The average Bonchev–Trinajstić information content (AvgIpc) is 2.89. The van der Waals surface area contributed by atoms with Crippen LogP contribution in [-0.4, -0.2) is 27.4 Å². The van der Waals surface area contributed by atoms with E-state index in [0.29, 0.717) is 17.4 Å². The van der Waals surface area contributed by atoms with Gasteiger partial charge in [0.25, 0.3) is 5.91 Å². The molecule has 0 saturated carbocycles. The standard InChI is InChI=1S/C12H15N3OS/c1-2-3-7-15-11(16)10(14-12(15)17)8-9-5-4-6-13-9/h4-6,8,13H,2-3,7H2,1H3,(H,14,17)/b10-8+. The van der Waals surface area contributed by atoms with Gasteiger partial charge in [0.05, 0.1) is 0 Å². The zero-order valence-corrected chi connectivity index (χ0v) is 10.5. The largest absolute Gasteiger partial charge is 0.362 e. The molecule has 2 heterocycles. The van der Waals surface area contributed by atoms with Crippen molar-refractivity contribution in [2.75, 3.05) is 6.54 Å². The van der Waals surface area contributed by atoms with Crippen LogP contribution in [0, 0.1) is 0 Å². The van der Waals surface area contributed by atoms with Crippen LogP contribution < -0.4 is 5.32 Å². The van der Waals surface area contributed by atoms with E-state index in [0.717, 1.165) is 18.5 Å². The Morgan fingerprint density at radius 2 is 2.35 bits per heavy atom. The number of aromatic nitrogens is 1. The zero-order valence-electron chi connectivity index (χ0n) is 9.69. The number of hydrogen-bond donors (Lipinski definition) is 2. The van der Waals surface area contributed by atoms with Gasteiger partial charge in [-0.3, -0.25) is 9.69 Å². The molecule has 0 unspecified atom stereocenters. The van der Waals surface area contributed by atoms with Gasteiger partial charge >= 0.3 is 0 Å². The summed E-state index contributed by atoms with van der Waals surface area (Å²) < 4.78 is 0. The molecule has 1 saturated heterocycles. The van der Waals surface area contributed by atoms with Crippen LogP contribution in [0.15, 0.2) is 24.0 Å². The molecule has 0 aliphatic carbocycles. The van der Waals surface area contributed by atoms with Gasteiger partial charge in [-0.05, 0) is 36.8 Å². The highest BCUT2D eigenvalue weighted by Crippen LogP contribution is 2.13. The number of nitrogens with one attached hydrogen (secondary N) is 2. The van der Waals surface area contributed by atoms with E-state index >= 15 is 0 Å². The van der Waals surface area contributed by atoms with Gasteiger partial charge in [-0.2, -0.15) is 0 Å². The molecule has 1 fully saturated rings. The van der Waals surface area contributed by atoms with E-state index in [9.17, 15) is 4.79 Å². The predicted octanol–water partition coefficient (Wildman–Crippen LogP) is 1.87. The number of rotatable bonds is 4. The van der Waals surface area contributed by atoms with Gasteiger partial charge in [0.15, 0.2) is 5.11 Å². The number of nitrogens with zero attached hydrogens (tertiary/aromatic N) is 1. The Morgan fingerprint density at radius 3 is 3.00 bits per heavy atom. The van der Waals surface area contributed by atoms with Crippen molar-refractivity contribution in [3.63, 3.8) is 0 Å². The summed E-state index contributed by atoms with van der Waals surface area (Å²) in [6.45, 7) is 2.77. The van der Waals surface area contributed by atoms with E-state index in [2.05, 4.69) is 17.2 Å². The number of aromatic amines is 1. The highest BCUT2D eigenvalue weighted by molar-refractivity contribution is 7.80. The molecule has 1 aliphatic heterocycles. The first-order valence-electron chi connectivity index (χ1n) is 5.70. The summed E-state index contributed by atoms with van der Waals surface area (Å²) in [5.41, 5.74) is 1.43.